The van der Waals surface area contributed by atoms with Crippen LogP contribution in [-0.2, 0) is 6.54 Å². The third-order valence-electron chi connectivity index (χ3n) is 2.99. The van der Waals surface area contributed by atoms with Crippen molar-refractivity contribution in [2.45, 2.75) is 20.4 Å². The molecule has 3 heteroatoms. The fraction of sp³-hybridized carbons (Fsp3) is 0.214. The summed E-state index contributed by atoms with van der Waals surface area (Å²) in [5.74, 6) is 0. The molecule has 88 valence electrons. The summed E-state index contributed by atoms with van der Waals surface area (Å²) in [5.41, 5.74) is 3.95. The number of hydrogen-bond donors (Lipinski definition) is 0. The zero-order valence-corrected chi connectivity index (χ0v) is 11.5. The minimum atomic E-state index is 0.741. The first kappa shape index (κ1) is 12.1. The van der Waals surface area contributed by atoms with Crippen LogP contribution in [0.5, 0.6) is 0 Å². The maximum absolute atomic E-state index is 11.1. The van der Waals surface area contributed by atoms with E-state index < -0.39 is 0 Å². The lowest BCUT2D eigenvalue weighted by Gasteiger charge is -2.09. The van der Waals surface area contributed by atoms with Gasteiger partial charge in [0, 0.05) is 17.8 Å². The predicted octanol–water partition coefficient (Wildman–Crippen LogP) is 4.06. The molecule has 0 spiro atoms. The minimum Gasteiger partial charge on any atom is -0.343 e. The van der Waals surface area contributed by atoms with Gasteiger partial charge in [0.1, 0.15) is 0 Å². The van der Waals surface area contributed by atoms with Gasteiger partial charge in [-0.15, -0.1) is 0 Å². The van der Waals surface area contributed by atoms with Crippen molar-refractivity contribution in [1.82, 2.24) is 4.57 Å². The molecule has 0 atom stereocenters. The van der Waals surface area contributed by atoms with Crippen molar-refractivity contribution in [1.29, 1.82) is 0 Å². The van der Waals surface area contributed by atoms with E-state index in [1.165, 1.54) is 0 Å². The standard InChI is InChI=1S/C14H14BrNO/c1-3-16-10(2)12(9-17)13(15)14(16)11-7-5-4-6-8-11/h4-9H,3H2,1-2H3. The van der Waals surface area contributed by atoms with Gasteiger partial charge in [-0.2, -0.15) is 0 Å². The number of nitrogens with zero attached hydrogens (tertiary/aromatic N) is 1. The van der Waals surface area contributed by atoms with Crippen LogP contribution in [0.15, 0.2) is 34.8 Å². The number of hydrogen-bond acceptors (Lipinski definition) is 1. The zero-order chi connectivity index (χ0) is 12.4. The molecule has 17 heavy (non-hydrogen) atoms. The Balaban J connectivity index is 2.73. The smallest absolute Gasteiger partial charge is 0.153 e. The summed E-state index contributed by atoms with van der Waals surface area (Å²) in [6, 6.07) is 10.1. The van der Waals surface area contributed by atoms with Gasteiger partial charge in [0.25, 0.3) is 0 Å². The molecular formula is C14H14BrNO. The molecule has 2 rings (SSSR count). The van der Waals surface area contributed by atoms with Crippen molar-refractivity contribution in [3.05, 3.63) is 46.1 Å². The predicted molar refractivity (Wildman–Crippen MR) is 73.4 cm³/mol. The first-order valence-electron chi connectivity index (χ1n) is 5.59. The molecule has 0 radical (unpaired) electrons. The van der Waals surface area contributed by atoms with Crippen LogP contribution < -0.4 is 0 Å². The van der Waals surface area contributed by atoms with Crippen LogP contribution >= 0.6 is 15.9 Å². The largest absolute Gasteiger partial charge is 0.343 e. The van der Waals surface area contributed by atoms with E-state index in [0.717, 1.165) is 39.8 Å². The highest BCUT2D eigenvalue weighted by molar-refractivity contribution is 9.10. The molecule has 0 fully saturated rings. The van der Waals surface area contributed by atoms with E-state index >= 15 is 0 Å². The van der Waals surface area contributed by atoms with E-state index in [2.05, 4.69) is 39.6 Å². The average molecular weight is 292 g/mol. The lowest BCUT2D eigenvalue weighted by molar-refractivity contribution is 0.112. The molecule has 1 heterocycles. The number of benzene rings is 1. The summed E-state index contributed by atoms with van der Waals surface area (Å²) in [6.07, 6.45) is 0.915. The van der Waals surface area contributed by atoms with Crippen LogP contribution in [0.25, 0.3) is 11.3 Å². The van der Waals surface area contributed by atoms with Gasteiger partial charge in [0.2, 0.25) is 0 Å². The molecule has 0 saturated carbocycles. The molecule has 0 unspecified atom stereocenters. The Labute approximate surface area is 109 Å². The molecule has 2 aromatic rings. The lowest BCUT2D eigenvalue weighted by atomic mass is 10.1. The highest BCUT2D eigenvalue weighted by Crippen LogP contribution is 2.34. The molecule has 1 aromatic carbocycles. The molecule has 0 aliphatic heterocycles. The zero-order valence-electron chi connectivity index (χ0n) is 9.90. The fourth-order valence-electron chi connectivity index (χ4n) is 2.13. The number of halogens is 1. The van der Waals surface area contributed by atoms with Crippen LogP contribution in [0, 0.1) is 6.92 Å². The third kappa shape index (κ3) is 1.95. The first-order valence-corrected chi connectivity index (χ1v) is 6.39. The molecule has 0 aliphatic carbocycles. The summed E-state index contributed by atoms with van der Waals surface area (Å²) < 4.78 is 3.04. The highest BCUT2D eigenvalue weighted by Gasteiger charge is 2.18. The minimum absolute atomic E-state index is 0.741. The Hall–Kier alpha value is -1.35. The van der Waals surface area contributed by atoms with E-state index in [4.69, 9.17) is 0 Å². The second kappa shape index (κ2) is 4.88. The Bertz CT molecular complexity index is 543. The van der Waals surface area contributed by atoms with E-state index in [-0.39, 0.29) is 0 Å². The van der Waals surface area contributed by atoms with E-state index in [9.17, 15) is 4.79 Å². The van der Waals surface area contributed by atoms with Crippen molar-refractivity contribution < 1.29 is 4.79 Å². The summed E-state index contributed by atoms with van der Waals surface area (Å²) in [7, 11) is 0. The van der Waals surface area contributed by atoms with Gasteiger partial charge in [-0.1, -0.05) is 30.3 Å². The Morgan fingerprint density at radius 1 is 1.29 bits per heavy atom. The van der Waals surface area contributed by atoms with Crippen LogP contribution in [0.2, 0.25) is 0 Å². The van der Waals surface area contributed by atoms with E-state index in [0.29, 0.717) is 0 Å². The summed E-state index contributed by atoms with van der Waals surface area (Å²) in [4.78, 5) is 11.1. The second-order valence-electron chi connectivity index (χ2n) is 3.89. The topological polar surface area (TPSA) is 22.0 Å². The number of rotatable bonds is 3. The van der Waals surface area contributed by atoms with Crippen LogP contribution in [0.1, 0.15) is 23.0 Å². The van der Waals surface area contributed by atoms with Crippen LogP contribution in [0.3, 0.4) is 0 Å². The van der Waals surface area contributed by atoms with Gasteiger partial charge in [-0.05, 0) is 35.3 Å². The van der Waals surface area contributed by atoms with Crippen molar-refractivity contribution in [2.75, 3.05) is 0 Å². The average Bonchev–Trinajstić information content (AvgIpc) is 2.61. The molecule has 0 saturated heterocycles. The second-order valence-corrected chi connectivity index (χ2v) is 4.68. The monoisotopic (exact) mass is 291 g/mol. The number of aromatic nitrogens is 1. The highest BCUT2D eigenvalue weighted by atomic mass is 79.9. The van der Waals surface area contributed by atoms with Gasteiger partial charge in [-0.25, -0.2) is 0 Å². The molecular weight excluding hydrogens is 278 g/mol. The normalized spacial score (nSPS) is 10.5. The number of aldehydes is 1. The maximum Gasteiger partial charge on any atom is 0.153 e. The molecule has 1 aromatic heterocycles. The van der Waals surface area contributed by atoms with Gasteiger partial charge in [0.05, 0.1) is 10.2 Å². The van der Waals surface area contributed by atoms with Crippen LogP contribution in [0.4, 0.5) is 0 Å². The quantitative estimate of drug-likeness (QED) is 0.782. The van der Waals surface area contributed by atoms with Crippen molar-refractivity contribution in [2.24, 2.45) is 0 Å². The summed E-state index contributed by atoms with van der Waals surface area (Å²) in [6.45, 7) is 4.91. The first-order chi connectivity index (χ1) is 8.20. The van der Waals surface area contributed by atoms with Crippen LogP contribution in [-0.4, -0.2) is 10.9 Å². The summed E-state index contributed by atoms with van der Waals surface area (Å²) in [5, 5.41) is 0. The molecule has 0 aliphatic rings. The molecule has 0 amide bonds. The van der Waals surface area contributed by atoms with Crippen molar-refractivity contribution in [3.8, 4) is 11.3 Å². The Kier molecular flexibility index (Phi) is 3.48. The lowest BCUT2D eigenvalue weighted by Crippen LogP contribution is -1.99. The SMILES string of the molecule is CCn1c(C)c(C=O)c(Br)c1-c1ccccc1. The number of carbonyl (C=O) groups excluding carboxylic acids is 1. The van der Waals surface area contributed by atoms with Gasteiger partial charge in [-0.3, -0.25) is 4.79 Å². The van der Waals surface area contributed by atoms with E-state index in [1.807, 2.05) is 25.1 Å². The van der Waals surface area contributed by atoms with Crippen molar-refractivity contribution >= 4 is 22.2 Å². The van der Waals surface area contributed by atoms with Crippen molar-refractivity contribution in [3.63, 3.8) is 0 Å². The summed E-state index contributed by atoms with van der Waals surface area (Å²) >= 11 is 3.54. The molecule has 0 bridgehead atoms. The molecule has 2 nitrogen and oxygen atoms in total. The van der Waals surface area contributed by atoms with E-state index in [1.54, 1.807) is 0 Å². The van der Waals surface area contributed by atoms with Gasteiger partial charge < -0.3 is 4.57 Å². The fourth-order valence-corrected chi connectivity index (χ4v) is 2.95. The van der Waals surface area contributed by atoms with Gasteiger partial charge >= 0.3 is 0 Å². The third-order valence-corrected chi connectivity index (χ3v) is 3.79. The maximum atomic E-state index is 11.1. The Morgan fingerprint density at radius 2 is 1.94 bits per heavy atom. The van der Waals surface area contributed by atoms with Gasteiger partial charge in [0.15, 0.2) is 6.29 Å². The Morgan fingerprint density at radius 3 is 2.47 bits per heavy atom. The molecule has 0 N–H and O–H groups in total. The number of carbonyl (C=O) groups is 1.